The minimum Gasteiger partial charge on any atom is -0.396 e. The zero-order chi connectivity index (χ0) is 13.7. The van der Waals surface area contributed by atoms with Crippen LogP contribution in [0, 0.1) is 12.8 Å². The van der Waals surface area contributed by atoms with Crippen LogP contribution in [0.2, 0.25) is 0 Å². The van der Waals surface area contributed by atoms with E-state index in [0.29, 0.717) is 0 Å². The molecule has 1 aromatic rings. The molecule has 1 aliphatic carbocycles. The van der Waals surface area contributed by atoms with Crippen LogP contribution in [0.5, 0.6) is 0 Å². The molecule has 2 atom stereocenters. The first-order valence-corrected chi connectivity index (χ1v) is 6.52. The second-order valence-corrected chi connectivity index (χ2v) is 4.93. The molecule has 100 valence electrons. The summed E-state index contributed by atoms with van der Waals surface area (Å²) in [6.45, 7) is 2.16. The minimum absolute atomic E-state index is 0.0341. The van der Waals surface area contributed by atoms with E-state index >= 15 is 0 Å². The third-order valence-corrected chi connectivity index (χ3v) is 3.20. The molecule has 1 aromatic carbocycles. The largest absolute Gasteiger partial charge is 0.396 e. The first kappa shape index (κ1) is 13.6. The van der Waals surface area contributed by atoms with Crippen LogP contribution >= 0.6 is 0 Å². The molecule has 0 saturated heterocycles. The molecule has 19 heavy (non-hydrogen) atoms. The number of amides is 1. The number of carbonyl (C=O) groups is 1. The average molecular weight is 257 g/mol. The molecule has 0 aliphatic heterocycles. The van der Waals surface area contributed by atoms with Crippen molar-refractivity contribution in [2.75, 3.05) is 6.61 Å². The summed E-state index contributed by atoms with van der Waals surface area (Å²) >= 11 is 0. The number of benzene rings is 1. The standard InChI is InChI=1S/C16H19NO2/c1-12-3-2-4-13(9-12)6-8-16(19)17-15-7-5-14(10-15)11-18/h2-9,14-15,18H,10-11H2,1H3,(H,17,19)/b8-6+/t14-,15+/m0/s1. The quantitative estimate of drug-likeness (QED) is 0.641. The van der Waals surface area contributed by atoms with Gasteiger partial charge in [-0.25, -0.2) is 0 Å². The van der Waals surface area contributed by atoms with Gasteiger partial charge in [0.1, 0.15) is 0 Å². The lowest BCUT2D eigenvalue weighted by molar-refractivity contribution is -0.116. The van der Waals surface area contributed by atoms with Crippen molar-refractivity contribution in [2.45, 2.75) is 19.4 Å². The normalized spacial score (nSPS) is 22.0. The predicted molar refractivity (Wildman–Crippen MR) is 76.5 cm³/mol. The summed E-state index contributed by atoms with van der Waals surface area (Å²) in [5, 5.41) is 11.9. The van der Waals surface area contributed by atoms with Gasteiger partial charge in [-0.15, -0.1) is 0 Å². The smallest absolute Gasteiger partial charge is 0.244 e. The molecule has 0 aromatic heterocycles. The van der Waals surface area contributed by atoms with Crippen molar-refractivity contribution in [3.05, 3.63) is 53.6 Å². The fraction of sp³-hybridized carbons (Fsp3) is 0.312. The van der Waals surface area contributed by atoms with Crippen LogP contribution in [0.25, 0.3) is 6.08 Å². The van der Waals surface area contributed by atoms with Gasteiger partial charge < -0.3 is 10.4 Å². The van der Waals surface area contributed by atoms with Crippen molar-refractivity contribution in [1.82, 2.24) is 5.32 Å². The second kappa shape index (κ2) is 6.34. The SMILES string of the molecule is Cc1cccc(/C=C/C(=O)N[C@@H]2C=C[C@H](CO)C2)c1. The van der Waals surface area contributed by atoms with E-state index in [1.807, 2.05) is 49.4 Å². The lowest BCUT2D eigenvalue weighted by Gasteiger charge is -2.10. The van der Waals surface area contributed by atoms with Crippen molar-refractivity contribution >= 4 is 12.0 Å². The van der Waals surface area contributed by atoms with Crippen LogP contribution in [0.15, 0.2) is 42.5 Å². The van der Waals surface area contributed by atoms with E-state index in [9.17, 15) is 4.79 Å². The number of rotatable bonds is 4. The van der Waals surface area contributed by atoms with E-state index in [1.165, 1.54) is 5.56 Å². The van der Waals surface area contributed by atoms with Crippen LogP contribution in [-0.4, -0.2) is 23.7 Å². The monoisotopic (exact) mass is 257 g/mol. The van der Waals surface area contributed by atoms with Crippen LogP contribution in [0.4, 0.5) is 0 Å². The van der Waals surface area contributed by atoms with Crippen LogP contribution < -0.4 is 5.32 Å². The van der Waals surface area contributed by atoms with Crippen molar-refractivity contribution in [1.29, 1.82) is 0 Å². The highest BCUT2D eigenvalue weighted by Crippen LogP contribution is 2.16. The minimum atomic E-state index is -0.102. The number of aliphatic hydroxyl groups is 1. The molecule has 2 N–H and O–H groups in total. The Kier molecular flexibility index (Phi) is 4.53. The predicted octanol–water partition coefficient (Wildman–Crippen LogP) is 2.06. The Morgan fingerprint density at radius 1 is 1.47 bits per heavy atom. The number of carbonyl (C=O) groups excluding carboxylic acids is 1. The maximum atomic E-state index is 11.8. The van der Waals surface area contributed by atoms with Gasteiger partial charge in [-0.05, 0) is 25.0 Å². The zero-order valence-corrected chi connectivity index (χ0v) is 11.0. The number of nitrogens with one attached hydrogen (secondary N) is 1. The van der Waals surface area contributed by atoms with Gasteiger partial charge in [0.15, 0.2) is 0 Å². The number of hydrogen-bond acceptors (Lipinski definition) is 2. The summed E-state index contributed by atoms with van der Waals surface area (Å²) in [6, 6.07) is 8.02. The van der Waals surface area contributed by atoms with Crippen molar-refractivity contribution in [2.24, 2.45) is 5.92 Å². The molecule has 1 aliphatic rings. The molecule has 0 saturated carbocycles. The van der Waals surface area contributed by atoms with E-state index in [4.69, 9.17) is 5.11 Å². The molecule has 0 unspecified atom stereocenters. The summed E-state index contributed by atoms with van der Waals surface area (Å²) < 4.78 is 0. The van der Waals surface area contributed by atoms with Crippen LogP contribution in [0.3, 0.4) is 0 Å². The molecule has 3 heteroatoms. The van der Waals surface area contributed by atoms with Crippen molar-refractivity contribution in [3.8, 4) is 0 Å². The Labute approximate surface area is 113 Å². The molecule has 0 fully saturated rings. The Bertz CT molecular complexity index is 505. The van der Waals surface area contributed by atoms with Gasteiger partial charge in [-0.3, -0.25) is 4.79 Å². The molecule has 0 spiro atoms. The van der Waals surface area contributed by atoms with E-state index in [2.05, 4.69) is 5.32 Å². The molecule has 3 nitrogen and oxygen atoms in total. The van der Waals surface area contributed by atoms with Gasteiger partial charge in [-0.1, -0.05) is 42.0 Å². The maximum absolute atomic E-state index is 11.8. The van der Waals surface area contributed by atoms with E-state index < -0.39 is 0 Å². The van der Waals surface area contributed by atoms with Gasteiger partial charge in [0.25, 0.3) is 0 Å². The van der Waals surface area contributed by atoms with Gasteiger partial charge in [-0.2, -0.15) is 0 Å². The summed E-state index contributed by atoms with van der Waals surface area (Å²) in [6.07, 6.45) is 8.04. The van der Waals surface area contributed by atoms with Crippen LogP contribution in [-0.2, 0) is 4.79 Å². The molecule has 2 rings (SSSR count). The first-order chi connectivity index (χ1) is 9.17. The lowest BCUT2D eigenvalue weighted by Crippen LogP contribution is -2.31. The Hall–Kier alpha value is -1.87. The van der Waals surface area contributed by atoms with Gasteiger partial charge in [0, 0.05) is 24.6 Å². The number of hydrogen-bond donors (Lipinski definition) is 2. The summed E-state index contributed by atoms with van der Waals surface area (Å²) in [4.78, 5) is 11.8. The maximum Gasteiger partial charge on any atom is 0.244 e. The van der Waals surface area contributed by atoms with Crippen molar-refractivity contribution < 1.29 is 9.90 Å². The molecule has 0 heterocycles. The Balaban J connectivity index is 1.86. The van der Waals surface area contributed by atoms with Gasteiger partial charge in [0.2, 0.25) is 5.91 Å². The zero-order valence-electron chi connectivity index (χ0n) is 11.0. The molecule has 1 amide bonds. The Morgan fingerprint density at radius 3 is 3.00 bits per heavy atom. The third kappa shape index (κ3) is 4.07. The van der Waals surface area contributed by atoms with E-state index in [1.54, 1.807) is 6.08 Å². The van der Waals surface area contributed by atoms with E-state index in [0.717, 1.165) is 12.0 Å². The topological polar surface area (TPSA) is 49.3 Å². The second-order valence-electron chi connectivity index (χ2n) is 4.93. The summed E-state index contributed by atoms with van der Waals surface area (Å²) in [5.74, 6) is 0.0702. The van der Waals surface area contributed by atoms with E-state index in [-0.39, 0.29) is 24.5 Å². The first-order valence-electron chi connectivity index (χ1n) is 6.52. The fourth-order valence-electron chi connectivity index (χ4n) is 2.19. The fourth-order valence-corrected chi connectivity index (χ4v) is 2.19. The highest BCUT2D eigenvalue weighted by Gasteiger charge is 2.18. The lowest BCUT2D eigenvalue weighted by atomic mass is 10.1. The van der Waals surface area contributed by atoms with Gasteiger partial charge >= 0.3 is 0 Å². The molecular formula is C16H19NO2. The van der Waals surface area contributed by atoms with Crippen LogP contribution in [0.1, 0.15) is 17.5 Å². The molecule has 0 radical (unpaired) electrons. The average Bonchev–Trinajstić information content (AvgIpc) is 2.84. The van der Waals surface area contributed by atoms with Gasteiger partial charge in [0.05, 0.1) is 0 Å². The Morgan fingerprint density at radius 2 is 2.32 bits per heavy atom. The highest BCUT2D eigenvalue weighted by molar-refractivity contribution is 5.92. The highest BCUT2D eigenvalue weighted by atomic mass is 16.3. The third-order valence-electron chi connectivity index (χ3n) is 3.20. The number of aryl methyl sites for hydroxylation is 1. The summed E-state index contributed by atoms with van der Waals surface area (Å²) in [7, 11) is 0. The number of aliphatic hydroxyl groups excluding tert-OH is 1. The summed E-state index contributed by atoms with van der Waals surface area (Å²) in [5.41, 5.74) is 2.19. The molecule has 0 bridgehead atoms. The molecular weight excluding hydrogens is 238 g/mol. The van der Waals surface area contributed by atoms with Crippen molar-refractivity contribution in [3.63, 3.8) is 0 Å².